The second-order valence-corrected chi connectivity index (χ2v) is 5.83. The number of aryl methyl sites for hydroxylation is 1. The van der Waals surface area contributed by atoms with E-state index in [4.69, 9.17) is 9.05 Å². The van der Waals surface area contributed by atoms with Crippen LogP contribution in [0.3, 0.4) is 0 Å². The molecule has 0 heterocycles. The Bertz CT molecular complexity index is 608. The summed E-state index contributed by atoms with van der Waals surface area (Å²) in [6, 6.07) is 16.2. The third-order valence-corrected chi connectivity index (χ3v) is 4.56. The van der Waals surface area contributed by atoms with Gasteiger partial charge in [-0.2, -0.15) is 0 Å². The summed E-state index contributed by atoms with van der Waals surface area (Å²) in [5, 5.41) is 0.541. The summed E-state index contributed by atoms with van der Waals surface area (Å²) < 4.78 is 23.7. The van der Waals surface area contributed by atoms with Crippen LogP contribution in [0.1, 0.15) is 5.56 Å². The minimum Gasteiger partial charge on any atom is -0.421 e. The van der Waals surface area contributed by atoms with Crippen LogP contribution in [0.2, 0.25) is 0 Å². The first kappa shape index (κ1) is 13.4. The van der Waals surface area contributed by atoms with Gasteiger partial charge in [-0.1, -0.05) is 43.0 Å². The van der Waals surface area contributed by atoms with Gasteiger partial charge in [-0.3, -0.25) is 0 Å². The summed E-state index contributed by atoms with van der Waals surface area (Å²) in [6.45, 7) is 5.33. The minimum atomic E-state index is -3.45. The fourth-order valence-electron chi connectivity index (χ4n) is 1.72. The maximum Gasteiger partial charge on any atom is 0.462 e. The van der Waals surface area contributed by atoms with E-state index in [1.165, 1.54) is 0 Å². The van der Waals surface area contributed by atoms with E-state index in [0.717, 1.165) is 11.8 Å². The molecule has 3 nitrogen and oxygen atoms in total. The molecular weight excluding hydrogens is 259 g/mol. The second-order valence-electron chi connectivity index (χ2n) is 3.96. The van der Waals surface area contributed by atoms with Gasteiger partial charge >= 0.3 is 7.60 Å². The molecule has 1 unspecified atom stereocenters. The Kier molecular flexibility index (Phi) is 4.08. The summed E-state index contributed by atoms with van der Waals surface area (Å²) >= 11 is 0. The van der Waals surface area contributed by atoms with Crippen molar-refractivity contribution in [2.24, 2.45) is 0 Å². The van der Waals surface area contributed by atoms with Crippen molar-refractivity contribution < 1.29 is 13.6 Å². The highest BCUT2D eigenvalue weighted by Crippen LogP contribution is 2.48. The first-order chi connectivity index (χ1) is 9.15. The third kappa shape index (κ3) is 3.07. The van der Waals surface area contributed by atoms with E-state index in [2.05, 4.69) is 6.58 Å². The molecule has 1 atom stereocenters. The summed E-state index contributed by atoms with van der Waals surface area (Å²) in [6.07, 6.45) is 1.15. The summed E-state index contributed by atoms with van der Waals surface area (Å²) in [5.74, 6) is 0.496. The van der Waals surface area contributed by atoms with E-state index < -0.39 is 7.60 Å². The molecule has 0 aromatic heterocycles. The fraction of sp³-hybridized carbons (Fsp3) is 0.0667. The first-order valence-corrected chi connectivity index (χ1v) is 7.40. The Hall–Kier alpha value is -1.99. The lowest BCUT2D eigenvalue weighted by Crippen LogP contribution is -2.13. The molecule has 0 bridgehead atoms. The molecule has 0 amide bonds. The van der Waals surface area contributed by atoms with Crippen molar-refractivity contribution in [3.63, 3.8) is 0 Å². The normalized spacial score (nSPS) is 13.3. The maximum atomic E-state index is 12.9. The van der Waals surface area contributed by atoms with Crippen molar-refractivity contribution in [2.45, 2.75) is 6.92 Å². The lowest BCUT2D eigenvalue weighted by molar-refractivity contribution is 0.368. The van der Waals surface area contributed by atoms with Gasteiger partial charge in [0.1, 0.15) is 5.75 Å². The van der Waals surface area contributed by atoms with Crippen LogP contribution in [0, 0.1) is 6.92 Å². The van der Waals surface area contributed by atoms with Crippen LogP contribution in [0.4, 0.5) is 0 Å². The van der Waals surface area contributed by atoms with Crippen molar-refractivity contribution in [1.82, 2.24) is 0 Å². The van der Waals surface area contributed by atoms with E-state index in [0.29, 0.717) is 11.1 Å². The molecule has 0 saturated carbocycles. The molecule has 2 aromatic carbocycles. The highest BCUT2D eigenvalue weighted by molar-refractivity contribution is 7.62. The van der Waals surface area contributed by atoms with Crippen LogP contribution in [0.25, 0.3) is 0 Å². The van der Waals surface area contributed by atoms with Gasteiger partial charge in [-0.15, -0.1) is 0 Å². The lowest BCUT2D eigenvalue weighted by Gasteiger charge is -2.19. The van der Waals surface area contributed by atoms with Crippen LogP contribution in [-0.4, -0.2) is 0 Å². The summed E-state index contributed by atoms with van der Waals surface area (Å²) in [5.41, 5.74) is 0.851. The van der Waals surface area contributed by atoms with Crippen molar-refractivity contribution in [1.29, 1.82) is 0 Å². The molecule has 2 rings (SSSR count). The van der Waals surface area contributed by atoms with Gasteiger partial charge in [-0.25, -0.2) is 4.57 Å². The number of benzene rings is 2. The van der Waals surface area contributed by atoms with Crippen LogP contribution < -0.4 is 9.83 Å². The monoisotopic (exact) mass is 274 g/mol. The summed E-state index contributed by atoms with van der Waals surface area (Å²) in [7, 11) is -3.45. The molecule has 0 aliphatic heterocycles. The van der Waals surface area contributed by atoms with E-state index in [9.17, 15) is 4.57 Å². The van der Waals surface area contributed by atoms with Gasteiger partial charge in [-0.05, 0) is 30.7 Å². The highest BCUT2D eigenvalue weighted by atomic mass is 31.2. The van der Waals surface area contributed by atoms with Gasteiger partial charge in [0, 0.05) is 0 Å². The Morgan fingerprint density at radius 3 is 2.32 bits per heavy atom. The molecule has 19 heavy (non-hydrogen) atoms. The first-order valence-electron chi connectivity index (χ1n) is 5.86. The molecule has 0 fully saturated rings. The molecule has 0 aliphatic carbocycles. The van der Waals surface area contributed by atoms with Gasteiger partial charge in [0.2, 0.25) is 0 Å². The van der Waals surface area contributed by atoms with E-state index in [1.807, 2.05) is 37.3 Å². The van der Waals surface area contributed by atoms with Crippen molar-refractivity contribution in [2.75, 3.05) is 0 Å². The van der Waals surface area contributed by atoms with Crippen LogP contribution in [0.5, 0.6) is 5.75 Å². The quantitative estimate of drug-likeness (QED) is 0.609. The van der Waals surface area contributed by atoms with Crippen LogP contribution in [0.15, 0.2) is 67.4 Å². The van der Waals surface area contributed by atoms with E-state index >= 15 is 0 Å². The smallest absolute Gasteiger partial charge is 0.421 e. The van der Waals surface area contributed by atoms with Crippen molar-refractivity contribution in [3.8, 4) is 5.75 Å². The molecule has 4 heteroatoms. The van der Waals surface area contributed by atoms with Gasteiger partial charge < -0.3 is 9.05 Å². The molecule has 0 aliphatic rings. The largest absolute Gasteiger partial charge is 0.462 e. The highest BCUT2D eigenvalue weighted by Gasteiger charge is 2.31. The Labute approximate surface area is 113 Å². The predicted molar refractivity (Wildman–Crippen MR) is 76.8 cm³/mol. The summed E-state index contributed by atoms with van der Waals surface area (Å²) in [4.78, 5) is 0. The fourth-order valence-corrected chi connectivity index (χ4v) is 3.34. The molecule has 0 saturated heterocycles. The number of hydrogen-bond acceptors (Lipinski definition) is 3. The van der Waals surface area contributed by atoms with E-state index in [1.54, 1.807) is 24.3 Å². The van der Waals surface area contributed by atoms with Gasteiger partial charge in [0.15, 0.2) is 0 Å². The molecule has 2 aromatic rings. The van der Waals surface area contributed by atoms with Crippen molar-refractivity contribution in [3.05, 3.63) is 73.0 Å². The number of para-hydroxylation sites is 1. The van der Waals surface area contributed by atoms with Gasteiger partial charge in [0.25, 0.3) is 0 Å². The van der Waals surface area contributed by atoms with E-state index in [-0.39, 0.29) is 0 Å². The average molecular weight is 274 g/mol. The average Bonchev–Trinajstić information content (AvgIpc) is 2.40. The SMILES string of the molecule is C=COP(=O)(Oc1ccccc1)c1ccccc1C. The Morgan fingerprint density at radius 1 is 1.05 bits per heavy atom. The molecule has 98 valence electrons. The topological polar surface area (TPSA) is 35.5 Å². The molecule has 0 radical (unpaired) electrons. The molecule has 0 N–H and O–H groups in total. The van der Waals surface area contributed by atoms with Crippen molar-refractivity contribution >= 4 is 12.9 Å². The lowest BCUT2D eigenvalue weighted by atomic mass is 10.2. The standard InChI is InChI=1S/C15H15O3P/c1-3-17-19(16,15-12-8-7-9-13(15)2)18-14-10-5-4-6-11-14/h3-12H,1H2,2H3. The zero-order valence-electron chi connectivity index (χ0n) is 10.7. The second kappa shape index (κ2) is 5.77. The zero-order chi connectivity index (χ0) is 13.7. The Morgan fingerprint density at radius 2 is 1.68 bits per heavy atom. The maximum absolute atomic E-state index is 12.9. The van der Waals surface area contributed by atoms with Crippen LogP contribution in [-0.2, 0) is 9.09 Å². The molecular formula is C15H15O3P. The number of rotatable bonds is 5. The number of hydrogen-bond donors (Lipinski definition) is 0. The Balaban J connectivity index is 2.41. The minimum absolute atomic E-state index is 0.496. The zero-order valence-corrected chi connectivity index (χ0v) is 11.5. The van der Waals surface area contributed by atoms with Gasteiger partial charge in [0.05, 0.1) is 11.6 Å². The van der Waals surface area contributed by atoms with Crippen LogP contribution >= 0.6 is 7.60 Å². The predicted octanol–water partition coefficient (Wildman–Crippen LogP) is 4.05. The molecule has 0 spiro atoms. The third-order valence-electron chi connectivity index (χ3n) is 2.59.